The number of carbonyl (C=O) groups is 1. The minimum absolute atomic E-state index is 0.0195. The predicted molar refractivity (Wildman–Crippen MR) is 54.7 cm³/mol. The van der Waals surface area contributed by atoms with Gasteiger partial charge in [-0.25, -0.2) is 8.42 Å². The molecule has 14 heavy (non-hydrogen) atoms. The number of unbranched alkanes of at least 4 members (excludes halogenated alkanes) is 1. The molecule has 1 N–H and O–H groups in total. The molecule has 1 unspecified atom stereocenters. The van der Waals surface area contributed by atoms with Crippen molar-refractivity contribution in [3.8, 4) is 0 Å². The zero-order valence-corrected chi connectivity index (χ0v) is 9.27. The van der Waals surface area contributed by atoms with Gasteiger partial charge in [-0.3, -0.25) is 4.79 Å². The molecule has 1 saturated heterocycles. The minimum Gasteiger partial charge on any atom is -0.352 e. The van der Waals surface area contributed by atoms with E-state index in [0.717, 1.165) is 12.8 Å². The van der Waals surface area contributed by atoms with Gasteiger partial charge in [-0.2, -0.15) is 0 Å². The Labute approximate surface area is 85.0 Å². The summed E-state index contributed by atoms with van der Waals surface area (Å²) < 4.78 is 22.2. The number of carbonyl (C=O) groups excluding carboxylic acids is 1. The van der Waals surface area contributed by atoms with Crippen molar-refractivity contribution in [3.05, 3.63) is 0 Å². The van der Waals surface area contributed by atoms with Crippen molar-refractivity contribution < 1.29 is 13.2 Å². The molecule has 1 amide bonds. The van der Waals surface area contributed by atoms with Gasteiger partial charge in [0.15, 0.2) is 9.84 Å². The lowest BCUT2D eigenvalue weighted by atomic mass is 10.2. The van der Waals surface area contributed by atoms with Gasteiger partial charge in [-0.1, -0.05) is 13.3 Å². The Morgan fingerprint density at radius 3 is 2.71 bits per heavy atom. The van der Waals surface area contributed by atoms with Crippen LogP contribution in [0.25, 0.3) is 0 Å². The summed E-state index contributed by atoms with van der Waals surface area (Å²) in [6, 6.07) is -0.149. The van der Waals surface area contributed by atoms with E-state index in [9.17, 15) is 13.2 Å². The standard InChI is InChI=1S/C9H17NO3S/c1-2-3-4-9(11)10-8-5-6-14(12,13)7-8/h8H,2-7H2,1H3,(H,10,11). The summed E-state index contributed by atoms with van der Waals surface area (Å²) in [4.78, 5) is 11.3. The first kappa shape index (κ1) is 11.5. The fourth-order valence-corrected chi connectivity index (χ4v) is 3.22. The van der Waals surface area contributed by atoms with Gasteiger partial charge in [0.1, 0.15) is 0 Å². The summed E-state index contributed by atoms with van der Waals surface area (Å²) in [6.07, 6.45) is 2.93. The Morgan fingerprint density at radius 2 is 2.21 bits per heavy atom. The third-order valence-electron chi connectivity index (χ3n) is 2.35. The fraction of sp³-hybridized carbons (Fsp3) is 0.889. The van der Waals surface area contributed by atoms with Gasteiger partial charge < -0.3 is 5.32 Å². The Balaban J connectivity index is 2.29. The monoisotopic (exact) mass is 219 g/mol. The van der Waals surface area contributed by atoms with E-state index in [4.69, 9.17) is 0 Å². The van der Waals surface area contributed by atoms with Gasteiger partial charge in [0.2, 0.25) is 5.91 Å². The van der Waals surface area contributed by atoms with Crippen LogP contribution >= 0.6 is 0 Å². The van der Waals surface area contributed by atoms with Crippen LogP contribution in [-0.4, -0.2) is 31.9 Å². The summed E-state index contributed by atoms with van der Waals surface area (Å²) in [5.41, 5.74) is 0. The number of hydrogen-bond donors (Lipinski definition) is 1. The highest BCUT2D eigenvalue weighted by molar-refractivity contribution is 7.91. The molecule has 5 heteroatoms. The second kappa shape index (κ2) is 4.77. The lowest BCUT2D eigenvalue weighted by molar-refractivity contribution is -0.121. The Morgan fingerprint density at radius 1 is 1.50 bits per heavy atom. The topological polar surface area (TPSA) is 63.2 Å². The summed E-state index contributed by atoms with van der Waals surface area (Å²) in [6.45, 7) is 2.02. The van der Waals surface area contributed by atoms with E-state index in [-0.39, 0.29) is 23.5 Å². The molecule has 0 aromatic carbocycles. The molecule has 0 radical (unpaired) electrons. The molecule has 0 spiro atoms. The molecule has 0 bridgehead atoms. The highest BCUT2D eigenvalue weighted by Crippen LogP contribution is 2.11. The van der Waals surface area contributed by atoms with E-state index in [1.807, 2.05) is 6.92 Å². The molecule has 1 aliphatic rings. The fourth-order valence-electron chi connectivity index (χ4n) is 1.55. The van der Waals surface area contributed by atoms with E-state index in [0.29, 0.717) is 12.8 Å². The number of sulfone groups is 1. The smallest absolute Gasteiger partial charge is 0.220 e. The second-order valence-corrected chi connectivity index (χ2v) is 6.00. The minimum atomic E-state index is -2.88. The van der Waals surface area contributed by atoms with Crippen LogP contribution in [-0.2, 0) is 14.6 Å². The molecule has 4 nitrogen and oxygen atoms in total. The number of nitrogens with one attached hydrogen (secondary N) is 1. The third kappa shape index (κ3) is 3.65. The molecule has 1 fully saturated rings. The van der Waals surface area contributed by atoms with Crippen LogP contribution in [0.5, 0.6) is 0 Å². The average Bonchev–Trinajstić information content (AvgIpc) is 2.42. The van der Waals surface area contributed by atoms with Crippen LogP contribution in [0.4, 0.5) is 0 Å². The van der Waals surface area contributed by atoms with E-state index >= 15 is 0 Å². The number of amides is 1. The van der Waals surface area contributed by atoms with Gasteiger partial charge in [-0.05, 0) is 12.8 Å². The Bertz CT molecular complexity index is 297. The summed E-state index contributed by atoms with van der Waals surface area (Å²) >= 11 is 0. The largest absolute Gasteiger partial charge is 0.352 e. The molecule has 1 atom stereocenters. The SMILES string of the molecule is CCCCC(=O)NC1CCS(=O)(=O)C1. The number of rotatable bonds is 4. The molecular formula is C9H17NO3S. The average molecular weight is 219 g/mol. The first-order chi connectivity index (χ1) is 6.53. The van der Waals surface area contributed by atoms with Crippen molar-refractivity contribution in [2.24, 2.45) is 0 Å². The number of hydrogen-bond acceptors (Lipinski definition) is 3. The molecule has 0 aliphatic carbocycles. The maximum absolute atomic E-state index is 11.3. The molecule has 0 aromatic rings. The van der Waals surface area contributed by atoms with Crippen LogP contribution in [0.15, 0.2) is 0 Å². The maximum atomic E-state index is 11.3. The lowest BCUT2D eigenvalue weighted by Crippen LogP contribution is -2.35. The van der Waals surface area contributed by atoms with Crippen molar-refractivity contribution >= 4 is 15.7 Å². The van der Waals surface area contributed by atoms with Gasteiger partial charge in [0.25, 0.3) is 0 Å². The van der Waals surface area contributed by atoms with E-state index in [1.54, 1.807) is 0 Å². The van der Waals surface area contributed by atoms with Gasteiger partial charge in [0, 0.05) is 12.5 Å². The normalized spacial score (nSPS) is 24.8. The molecule has 82 valence electrons. The summed E-state index contributed by atoms with van der Waals surface area (Å²) in [5.74, 6) is 0.310. The van der Waals surface area contributed by atoms with Gasteiger partial charge in [0.05, 0.1) is 11.5 Å². The first-order valence-corrected chi connectivity index (χ1v) is 6.85. The molecule has 1 rings (SSSR count). The molecule has 0 saturated carbocycles. The second-order valence-electron chi connectivity index (χ2n) is 3.77. The quantitative estimate of drug-likeness (QED) is 0.748. The molecular weight excluding hydrogens is 202 g/mol. The van der Waals surface area contributed by atoms with Crippen molar-refractivity contribution in [2.45, 2.75) is 38.6 Å². The van der Waals surface area contributed by atoms with Gasteiger partial charge in [-0.15, -0.1) is 0 Å². The van der Waals surface area contributed by atoms with Crippen molar-refractivity contribution in [1.29, 1.82) is 0 Å². The zero-order valence-electron chi connectivity index (χ0n) is 8.45. The Hall–Kier alpha value is -0.580. The van der Waals surface area contributed by atoms with E-state index in [1.165, 1.54) is 0 Å². The van der Waals surface area contributed by atoms with Crippen LogP contribution in [0.3, 0.4) is 0 Å². The van der Waals surface area contributed by atoms with Crippen LogP contribution < -0.4 is 5.32 Å². The predicted octanol–water partition coefficient (Wildman–Crippen LogP) is 0.480. The highest BCUT2D eigenvalue weighted by atomic mass is 32.2. The highest BCUT2D eigenvalue weighted by Gasteiger charge is 2.28. The van der Waals surface area contributed by atoms with Gasteiger partial charge >= 0.3 is 0 Å². The molecule has 1 aliphatic heterocycles. The van der Waals surface area contributed by atoms with E-state index in [2.05, 4.69) is 5.32 Å². The van der Waals surface area contributed by atoms with Crippen molar-refractivity contribution in [1.82, 2.24) is 5.32 Å². The molecule has 0 aromatic heterocycles. The van der Waals surface area contributed by atoms with E-state index < -0.39 is 9.84 Å². The lowest BCUT2D eigenvalue weighted by Gasteiger charge is -2.09. The first-order valence-electron chi connectivity index (χ1n) is 5.03. The third-order valence-corrected chi connectivity index (χ3v) is 4.12. The summed E-state index contributed by atoms with van der Waals surface area (Å²) in [7, 11) is -2.88. The van der Waals surface area contributed by atoms with Crippen LogP contribution in [0, 0.1) is 0 Å². The van der Waals surface area contributed by atoms with Crippen LogP contribution in [0.1, 0.15) is 32.6 Å². The Kier molecular flexibility index (Phi) is 3.92. The van der Waals surface area contributed by atoms with Crippen molar-refractivity contribution in [3.63, 3.8) is 0 Å². The molecule has 1 heterocycles. The van der Waals surface area contributed by atoms with Crippen LogP contribution in [0.2, 0.25) is 0 Å². The van der Waals surface area contributed by atoms with Crippen molar-refractivity contribution in [2.75, 3.05) is 11.5 Å². The zero-order chi connectivity index (χ0) is 10.6. The maximum Gasteiger partial charge on any atom is 0.220 e. The summed E-state index contributed by atoms with van der Waals surface area (Å²) in [5, 5.41) is 2.75.